The van der Waals surface area contributed by atoms with E-state index in [1.807, 2.05) is 12.1 Å². The highest BCUT2D eigenvalue weighted by atomic mass is 79.9. The van der Waals surface area contributed by atoms with E-state index in [9.17, 15) is 4.79 Å². The molecule has 1 N–H and O–H groups in total. The Morgan fingerprint density at radius 2 is 2.31 bits per heavy atom. The van der Waals surface area contributed by atoms with Crippen molar-refractivity contribution in [2.45, 2.75) is 6.42 Å². The average molecular weight is 307 g/mol. The number of hydrogen-bond donors (Lipinski definition) is 1. The minimum Gasteiger partial charge on any atom is -0.383 e. The molecule has 0 unspecified atom stereocenters. The SMILES string of the molecule is COCCNC(=O)Cc1cccc(Cl)c1Br. The van der Waals surface area contributed by atoms with Gasteiger partial charge in [-0.15, -0.1) is 0 Å². The van der Waals surface area contributed by atoms with E-state index in [0.29, 0.717) is 24.6 Å². The zero-order valence-corrected chi connectivity index (χ0v) is 11.3. The predicted octanol–water partition coefficient (Wildman–Crippen LogP) is 2.41. The second kappa shape index (κ2) is 6.89. The van der Waals surface area contributed by atoms with Crippen molar-refractivity contribution >= 4 is 33.4 Å². The zero-order chi connectivity index (χ0) is 12.0. The van der Waals surface area contributed by atoms with Crippen molar-refractivity contribution in [1.82, 2.24) is 5.32 Å². The van der Waals surface area contributed by atoms with Crippen LogP contribution in [0.25, 0.3) is 0 Å². The Morgan fingerprint density at radius 1 is 1.56 bits per heavy atom. The van der Waals surface area contributed by atoms with E-state index in [-0.39, 0.29) is 5.91 Å². The molecule has 0 heterocycles. The number of amides is 1. The number of halogens is 2. The number of benzene rings is 1. The summed E-state index contributed by atoms with van der Waals surface area (Å²) >= 11 is 9.28. The summed E-state index contributed by atoms with van der Waals surface area (Å²) in [6.45, 7) is 1.04. The van der Waals surface area contributed by atoms with Crippen molar-refractivity contribution in [1.29, 1.82) is 0 Å². The molecule has 0 aliphatic carbocycles. The minimum atomic E-state index is -0.0417. The quantitative estimate of drug-likeness (QED) is 0.848. The van der Waals surface area contributed by atoms with Gasteiger partial charge in [0.1, 0.15) is 0 Å². The molecule has 0 atom stereocenters. The highest BCUT2D eigenvalue weighted by Crippen LogP contribution is 2.26. The van der Waals surface area contributed by atoms with E-state index in [2.05, 4.69) is 21.2 Å². The fourth-order valence-electron chi connectivity index (χ4n) is 1.21. The molecule has 0 aliphatic heterocycles. The first-order valence-corrected chi connectivity index (χ1v) is 6.00. The molecule has 0 spiro atoms. The van der Waals surface area contributed by atoms with Gasteiger partial charge in [-0.1, -0.05) is 23.7 Å². The van der Waals surface area contributed by atoms with Crippen LogP contribution in [0, 0.1) is 0 Å². The van der Waals surface area contributed by atoms with Crippen molar-refractivity contribution in [3.8, 4) is 0 Å². The van der Waals surface area contributed by atoms with Gasteiger partial charge in [0.25, 0.3) is 0 Å². The van der Waals surface area contributed by atoms with Gasteiger partial charge in [0, 0.05) is 18.1 Å². The second-order valence-electron chi connectivity index (χ2n) is 3.23. The van der Waals surface area contributed by atoms with Gasteiger partial charge < -0.3 is 10.1 Å². The summed E-state index contributed by atoms with van der Waals surface area (Å²) in [6, 6.07) is 5.47. The van der Waals surface area contributed by atoms with E-state index in [4.69, 9.17) is 16.3 Å². The zero-order valence-electron chi connectivity index (χ0n) is 8.93. The summed E-state index contributed by atoms with van der Waals surface area (Å²) in [5.74, 6) is -0.0417. The van der Waals surface area contributed by atoms with Gasteiger partial charge in [-0.25, -0.2) is 0 Å². The van der Waals surface area contributed by atoms with Crippen LogP contribution >= 0.6 is 27.5 Å². The van der Waals surface area contributed by atoms with Crippen LogP contribution in [0.4, 0.5) is 0 Å². The summed E-state index contributed by atoms with van der Waals surface area (Å²) in [6.07, 6.45) is 0.310. The van der Waals surface area contributed by atoms with Crippen molar-refractivity contribution < 1.29 is 9.53 Å². The Hall–Kier alpha value is -0.580. The highest BCUT2D eigenvalue weighted by molar-refractivity contribution is 9.10. The number of ether oxygens (including phenoxy) is 1. The van der Waals surface area contributed by atoms with Crippen LogP contribution in [0.15, 0.2) is 22.7 Å². The lowest BCUT2D eigenvalue weighted by Crippen LogP contribution is -2.28. The molecule has 0 aromatic heterocycles. The van der Waals surface area contributed by atoms with Crippen molar-refractivity contribution in [3.05, 3.63) is 33.3 Å². The summed E-state index contributed by atoms with van der Waals surface area (Å²) in [5, 5.41) is 3.36. The van der Waals surface area contributed by atoms with Crippen LogP contribution in [0.5, 0.6) is 0 Å². The molecule has 1 rings (SSSR count). The summed E-state index contributed by atoms with van der Waals surface area (Å²) in [5.41, 5.74) is 0.877. The first-order chi connectivity index (χ1) is 7.65. The van der Waals surface area contributed by atoms with Crippen molar-refractivity contribution in [2.24, 2.45) is 0 Å². The van der Waals surface area contributed by atoms with Gasteiger partial charge in [0.2, 0.25) is 5.91 Å². The van der Waals surface area contributed by atoms with E-state index >= 15 is 0 Å². The molecule has 5 heteroatoms. The molecule has 0 saturated heterocycles. The van der Waals surface area contributed by atoms with Crippen LogP contribution < -0.4 is 5.32 Å². The fraction of sp³-hybridized carbons (Fsp3) is 0.364. The Labute approximate surface area is 108 Å². The molecule has 0 saturated carbocycles. The lowest BCUT2D eigenvalue weighted by atomic mass is 10.1. The molecule has 0 fully saturated rings. The Bertz CT molecular complexity index is 371. The van der Waals surface area contributed by atoms with Gasteiger partial charge in [-0.05, 0) is 27.6 Å². The van der Waals surface area contributed by atoms with E-state index in [1.54, 1.807) is 13.2 Å². The summed E-state index contributed by atoms with van der Waals surface area (Å²) < 4.78 is 5.62. The first kappa shape index (κ1) is 13.5. The Morgan fingerprint density at radius 3 is 3.00 bits per heavy atom. The van der Waals surface area contributed by atoms with Crippen molar-refractivity contribution in [2.75, 3.05) is 20.3 Å². The normalized spacial score (nSPS) is 10.2. The Kier molecular flexibility index (Phi) is 5.80. The topological polar surface area (TPSA) is 38.3 Å². The number of methoxy groups -OCH3 is 1. The maximum Gasteiger partial charge on any atom is 0.224 e. The van der Waals surface area contributed by atoms with Crippen LogP contribution in [0.3, 0.4) is 0 Å². The lowest BCUT2D eigenvalue weighted by molar-refractivity contribution is -0.120. The third-order valence-electron chi connectivity index (χ3n) is 2.01. The van der Waals surface area contributed by atoms with Crippen LogP contribution in [0.2, 0.25) is 5.02 Å². The molecule has 16 heavy (non-hydrogen) atoms. The second-order valence-corrected chi connectivity index (χ2v) is 4.43. The van der Waals surface area contributed by atoms with Gasteiger partial charge in [0.05, 0.1) is 18.1 Å². The standard InChI is InChI=1S/C11H13BrClNO2/c1-16-6-5-14-10(15)7-8-3-2-4-9(13)11(8)12/h2-4H,5-7H2,1H3,(H,14,15). The maximum absolute atomic E-state index is 11.5. The lowest BCUT2D eigenvalue weighted by Gasteiger charge is -2.07. The number of carbonyl (C=O) groups excluding carboxylic acids is 1. The predicted molar refractivity (Wildman–Crippen MR) is 67.7 cm³/mol. The summed E-state index contributed by atoms with van der Waals surface area (Å²) in [4.78, 5) is 11.5. The minimum absolute atomic E-state index is 0.0417. The molecule has 0 bridgehead atoms. The van der Waals surface area contributed by atoms with Crippen molar-refractivity contribution in [3.63, 3.8) is 0 Å². The third-order valence-corrected chi connectivity index (χ3v) is 3.49. The van der Waals surface area contributed by atoms with Gasteiger partial charge >= 0.3 is 0 Å². The molecule has 0 aliphatic rings. The Balaban J connectivity index is 2.53. The molecule has 0 radical (unpaired) electrons. The molecule has 1 aromatic carbocycles. The molecule has 1 aromatic rings. The third kappa shape index (κ3) is 4.12. The number of carbonyl (C=O) groups is 1. The van der Waals surface area contributed by atoms with Crippen LogP contribution in [-0.2, 0) is 16.0 Å². The van der Waals surface area contributed by atoms with E-state index in [1.165, 1.54) is 0 Å². The molecule has 1 amide bonds. The first-order valence-electron chi connectivity index (χ1n) is 4.83. The average Bonchev–Trinajstić information content (AvgIpc) is 2.25. The van der Waals surface area contributed by atoms with Crippen LogP contribution in [-0.4, -0.2) is 26.2 Å². The summed E-state index contributed by atoms with van der Waals surface area (Å²) in [7, 11) is 1.60. The fourth-order valence-corrected chi connectivity index (χ4v) is 1.81. The number of rotatable bonds is 5. The van der Waals surface area contributed by atoms with Crippen LogP contribution in [0.1, 0.15) is 5.56 Å². The van der Waals surface area contributed by atoms with Gasteiger partial charge in [-0.3, -0.25) is 4.79 Å². The molecule has 88 valence electrons. The van der Waals surface area contributed by atoms with Gasteiger partial charge in [0.15, 0.2) is 0 Å². The number of nitrogens with one attached hydrogen (secondary N) is 1. The molecular formula is C11H13BrClNO2. The van der Waals surface area contributed by atoms with E-state index in [0.717, 1.165) is 10.0 Å². The largest absolute Gasteiger partial charge is 0.383 e. The van der Waals surface area contributed by atoms with Gasteiger partial charge in [-0.2, -0.15) is 0 Å². The monoisotopic (exact) mass is 305 g/mol. The smallest absolute Gasteiger partial charge is 0.224 e. The highest BCUT2D eigenvalue weighted by Gasteiger charge is 2.08. The molecule has 3 nitrogen and oxygen atoms in total. The van der Waals surface area contributed by atoms with E-state index < -0.39 is 0 Å². The molecular weight excluding hydrogens is 293 g/mol. The maximum atomic E-state index is 11.5. The number of hydrogen-bond acceptors (Lipinski definition) is 2.